The summed E-state index contributed by atoms with van der Waals surface area (Å²) in [7, 11) is 1.08. The minimum Gasteiger partial charge on any atom is -0.497 e. The Morgan fingerprint density at radius 1 is 1.03 bits per heavy atom. The van der Waals surface area contributed by atoms with Gasteiger partial charge < -0.3 is 29.9 Å². The van der Waals surface area contributed by atoms with Crippen molar-refractivity contribution in [3.63, 3.8) is 0 Å². The molecule has 0 aliphatic rings. The van der Waals surface area contributed by atoms with Gasteiger partial charge in [-0.1, -0.05) is 0 Å². The summed E-state index contributed by atoms with van der Waals surface area (Å²) in [6.45, 7) is 0. The number of carbonyl (C=O) groups excluding carboxylic acids is 1. The molecule has 0 atom stereocenters. The Hall–Kier alpha value is -3.63. The van der Waals surface area contributed by atoms with E-state index in [2.05, 4.69) is 10.3 Å². The zero-order valence-corrected chi connectivity index (χ0v) is 15.5. The number of aromatic nitrogens is 1. The Morgan fingerprint density at radius 3 is 2.41 bits per heavy atom. The van der Waals surface area contributed by atoms with Gasteiger partial charge in [0.05, 0.1) is 25.3 Å². The summed E-state index contributed by atoms with van der Waals surface area (Å²) in [5.41, 5.74) is 0.284. The molecule has 0 aliphatic heterocycles. The molecule has 0 fully saturated rings. The lowest BCUT2D eigenvalue weighted by molar-refractivity contribution is 0.0696. The Labute approximate surface area is 165 Å². The maximum Gasteiger partial charge on any atom is 0.488 e. The second-order valence-electron chi connectivity index (χ2n) is 6.07. The van der Waals surface area contributed by atoms with E-state index in [-0.39, 0.29) is 22.4 Å². The topological polar surface area (TPSA) is 138 Å². The van der Waals surface area contributed by atoms with Crippen LogP contribution in [0.3, 0.4) is 0 Å². The van der Waals surface area contributed by atoms with Gasteiger partial charge in [-0.15, -0.1) is 0 Å². The van der Waals surface area contributed by atoms with Gasteiger partial charge in [-0.2, -0.15) is 0 Å². The van der Waals surface area contributed by atoms with E-state index >= 15 is 0 Å². The third-order valence-corrected chi connectivity index (χ3v) is 4.19. The lowest BCUT2D eigenvalue weighted by Gasteiger charge is -2.11. The molecule has 3 aromatic rings. The summed E-state index contributed by atoms with van der Waals surface area (Å²) in [6, 6.07) is 10.2. The van der Waals surface area contributed by atoms with Gasteiger partial charge in [0, 0.05) is 23.2 Å². The highest BCUT2D eigenvalue weighted by molar-refractivity contribution is 6.58. The standard InChI is InChI=1S/C19H17BN2O7/c1-28-13-3-4-14-15(8-13)22-16(9-17(14)29-2)18(23)21-12-6-10(19(24)25)5-11(7-12)20(26)27/h3-9,26-27H,1-2H3,(H,21,23)(H,24,25). The number of methoxy groups -OCH3 is 2. The monoisotopic (exact) mass is 396 g/mol. The predicted octanol–water partition coefficient (Wildman–Crippen LogP) is 0.882. The molecular weight excluding hydrogens is 379 g/mol. The minimum absolute atomic E-state index is 0.0226. The summed E-state index contributed by atoms with van der Waals surface area (Å²) in [5, 5.41) is 31.1. The number of pyridine rings is 1. The molecule has 1 aromatic heterocycles. The van der Waals surface area contributed by atoms with Crippen molar-refractivity contribution in [1.29, 1.82) is 0 Å². The van der Waals surface area contributed by atoms with Crippen LogP contribution in [0.1, 0.15) is 20.8 Å². The fraction of sp³-hybridized carbons (Fsp3) is 0.105. The van der Waals surface area contributed by atoms with Crippen LogP contribution >= 0.6 is 0 Å². The Morgan fingerprint density at radius 2 is 1.79 bits per heavy atom. The van der Waals surface area contributed by atoms with Gasteiger partial charge in [-0.05, 0) is 35.8 Å². The molecule has 0 bridgehead atoms. The predicted molar refractivity (Wildman–Crippen MR) is 106 cm³/mol. The normalized spacial score (nSPS) is 10.5. The first-order valence-corrected chi connectivity index (χ1v) is 8.41. The summed E-state index contributed by atoms with van der Waals surface area (Å²) < 4.78 is 10.5. The van der Waals surface area contributed by atoms with Crippen molar-refractivity contribution in [2.45, 2.75) is 0 Å². The van der Waals surface area contributed by atoms with E-state index in [4.69, 9.17) is 9.47 Å². The molecule has 29 heavy (non-hydrogen) atoms. The quantitative estimate of drug-likeness (QED) is 0.451. The average Bonchev–Trinajstić information content (AvgIpc) is 2.71. The molecule has 1 amide bonds. The molecule has 148 valence electrons. The van der Waals surface area contributed by atoms with E-state index in [9.17, 15) is 24.7 Å². The number of anilines is 1. The van der Waals surface area contributed by atoms with Gasteiger partial charge in [-0.3, -0.25) is 4.79 Å². The zero-order chi connectivity index (χ0) is 21.1. The van der Waals surface area contributed by atoms with Crippen molar-refractivity contribution in [3.8, 4) is 11.5 Å². The number of nitrogens with one attached hydrogen (secondary N) is 1. The van der Waals surface area contributed by atoms with Crippen LogP contribution in [0.15, 0.2) is 42.5 Å². The zero-order valence-electron chi connectivity index (χ0n) is 15.5. The fourth-order valence-electron chi connectivity index (χ4n) is 2.78. The number of benzene rings is 2. The third kappa shape index (κ3) is 4.28. The minimum atomic E-state index is -1.89. The molecule has 1 heterocycles. The van der Waals surface area contributed by atoms with E-state index in [0.717, 1.165) is 6.07 Å². The largest absolute Gasteiger partial charge is 0.497 e. The number of rotatable bonds is 6. The SMILES string of the molecule is COc1ccc2c(OC)cc(C(=O)Nc3cc(B(O)O)cc(C(=O)O)c3)nc2c1. The molecule has 0 spiro atoms. The molecule has 0 saturated heterocycles. The number of fused-ring (bicyclic) bond motifs is 1. The molecule has 10 heteroatoms. The van der Waals surface area contributed by atoms with Crippen molar-refractivity contribution in [1.82, 2.24) is 4.98 Å². The van der Waals surface area contributed by atoms with Crippen molar-refractivity contribution < 1.29 is 34.2 Å². The number of hydrogen-bond acceptors (Lipinski definition) is 7. The number of aromatic carboxylic acids is 1. The number of ether oxygens (including phenoxy) is 2. The van der Waals surface area contributed by atoms with Crippen LogP contribution < -0.4 is 20.3 Å². The number of nitrogens with zero attached hydrogens (tertiary/aromatic N) is 1. The second-order valence-corrected chi connectivity index (χ2v) is 6.07. The van der Waals surface area contributed by atoms with Crippen molar-refractivity contribution >= 4 is 41.0 Å². The van der Waals surface area contributed by atoms with Gasteiger partial charge in [0.1, 0.15) is 17.2 Å². The molecule has 2 aromatic carbocycles. The molecule has 0 aliphatic carbocycles. The van der Waals surface area contributed by atoms with Gasteiger partial charge in [0.25, 0.3) is 5.91 Å². The number of amides is 1. The van der Waals surface area contributed by atoms with Crippen LogP contribution in [0.5, 0.6) is 11.5 Å². The molecule has 9 nitrogen and oxygen atoms in total. The van der Waals surface area contributed by atoms with Gasteiger partial charge in [0.2, 0.25) is 0 Å². The fourth-order valence-corrected chi connectivity index (χ4v) is 2.78. The van der Waals surface area contributed by atoms with Crippen LogP contribution in [0.2, 0.25) is 0 Å². The van der Waals surface area contributed by atoms with E-state index in [1.807, 2.05) is 0 Å². The van der Waals surface area contributed by atoms with Crippen LogP contribution in [0, 0.1) is 0 Å². The number of hydrogen-bond donors (Lipinski definition) is 4. The van der Waals surface area contributed by atoms with Gasteiger partial charge in [0.15, 0.2) is 0 Å². The van der Waals surface area contributed by atoms with Crippen LogP contribution in [-0.2, 0) is 0 Å². The number of carboxylic acids is 1. The van der Waals surface area contributed by atoms with Crippen LogP contribution in [0.4, 0.5) is 5.69 Å². The first-order valence-electron chi connectivity index (χ1n) is 8.41. The Balaban J connectivity index is 2.00. The molecule has 3 rings (SSSR count). The summed E-state index contributed by atoms with van der Waals surface area (Å²) in [6.07, 6.45) is 0. The molecule has 4 N–H and O–H groups in total. The van der Waals surface area contributed by atoms with E-state index < -0.39 is 19.0 Å². The first kappa shape index (κ1) is 20.1. The van der Waals surface area contributed by atoms with E-state index in [1.54, 1.807) is 18.2 Å². The third-order valence-electron chi connectivity index (χ3n) is 4.19. The van der Waals surface area contributed by atoms with Gasteiger partial charge in [-0.25, -0.2) is 9.78 Å². The number of carbonyl (C=O) groups is 2. The molecule has 0 saturated carbocycles. The van der Waals surface area contributed by atoms with Gasteiger partial charge >= 0.3 is 13.1 Å². The average molecular weight is 396 g/mol. The second kappa shape index (κ2) is 8.17. The Bertz CT molecular complexity index is 1100. The summed E-state index contributed by atoms with van der Waals surface area (Å²) in [5.74, 6) is -0.927. The highest BCUT2D eigenvalue weighted by Crippen LogP contribution is 2.28. The van der Waals surface area contributed by atoms with E-state index in [1.165, 1.54) is 32.4 Å². The maximum atomic E-state index is 12.7. The van der Waals surface area contributed by atoms with Crippen LogP contribution in [-0.4, -0.2) is 53.4 Å². The Kier molecular flexibility index (Phi) is 5.67. The lowest BCUT2D eigenvalue weighted by atomic mass is 9.79. The van der Waals surface area contributed by atoms with Crippen LogP contribution in [0.25, 0.3) is 10.9 Å². The lowest BCUT2D eigenvalue weighted by Crippen LogP contribution is -2.31. The highest BCUT2D eigenvalue weighted by Gasteiger charge is 2.18. The van der Waals surface area contributed by atoms with Crippen molar-refractivity contribution in [2.75, 3.05) is 19.5 Å². The number of carboxylic acid groups (broad SMARTS) is 1. The smallest absolute Gasteiger partial charge is 0.488 e. The summed E-state index contributed by atoms with van der Waals surface area (Å²) in [4.78, 5) is 28.3. The summed E-state index contributed by atoms with van der Waals surface area (Å²) >= 11 is 0. The molecule has 0 radical (unpaired) electrons. The highest BCUT2D eigenvalue weighted by atomic mass is 16.5. The van der Waals surface area contributed by atoms with Crippen molar-refractivity contribution in [3.05, 3.63) is 53.7 Å². The maximum absolute atomic E-state index is 12.7. The van der Waals surface area contributed by atoms with Crippen molar-refractivity contribution in [2.24, 2.45) is 0 Å². The molecular formula is C19H17BN2O7. The molecule has 0 unspecified atom stereocenters. The first-order chi connectivity index (χ1) is 13.8. The van der Waals surface area contributed by atoms with E-state index in [0.29, 0.717) is 22.4 Å².